The lowest BCUT2D eigenvalue weighted by atomic mass is 10.0. The molecule has 2 radical (unpaired) electrons. The Kier molecular flexibility index (Phi) is 3.72. The van der Waals surface area contributed by atoms with Crippen LogP contribution >= 0.6 is 0 Å². The van der Waals surface area contributed by atoms with Crippen LogP contribution in [0.3, 0.4) is 0 Å². The Balaban J connectivity index is 2.64. The van der Waals surface area contributed by atoms with E-state index in [1.807, 2.05) is 32.0 Å². The molecule has 4 nitrogen and oxygen atoms in total. The average Bonchev–Trinajstić information content (AvgIpc) is 2.77. The molecule has 1 aromatic heterocycles. The van der Waals surface area contributed by atoms with Crippen molar-refractivity contribution >= 4 is 19.4 Å². The number of hydrogen-bond acceptors (Lipinski definition) is 4. The Morgan fingerprint density at radius 1 is 1.32 bits per heavy atom. The van der Waals surface area contributed by atoms with Gasteiger partial charge in [0.15, 0.2) is 5.76 Å². The fourth-order valence-electron chi connectivity index (χ4n) is 1.70. The van der Waals surface area contributed by atoms with Crippen molar-refractivity contribution < 1.29 is 9.18 Å². The molecule has 0 N–H and O–H groups in total. The van der Waals surface area contributed by atoms with Gasteiger partial charge in [-0.2, -0.15) is 5.26 Å². The predicted octanol–water partition coefficient (Wildman–Crippen LogP) is 2.78. The molecule has 0 aliphatic carbocycles. The smallest absolute Gasteiger partial charge is 0.374 e. The van der Waals surface area contributed by atoms with E-state index in [9.17, 15) is 5.26 Å². The minimum absolute atomic E-state index is 0.187. The summed E-state index contributed by atoms with van der Waals surface area (Å²) >= 11 is 0. The maximum Gasteiger partial charge on any atom is 0.374 e. The number of rotatable bonds is 3. The molecule has 0 aliphatic heterocycles. The highest BCUT2D eigenvalue weighted by atomic mass is 16.5. The van der Waals surface area contributed by atoms with Crippen LogP contribution in [0.25, 0.3) is 11.3 Å². The molecule has 0 aliphatic rings. The zero-order valence-corrected chi connectivity index (χ0v) is 10.7. The van der Waals surface area contributed by atoms with Gasteiger partial charge in [-0.15, -0.1) is 0 Å². The van der Waals surface area contributed by atoms with Crippen LogP contribution in [0.2, 0.25) is 0 Å². The molecule has 1 aromatic carbocycles. The Morgan fingerprint density at radius 2 is 2.00 bits per heavy atom. The maximum atomic E-state index is 9.33. The van der Waals surface area contributed by atoms with Gasteiger partial charge in [-0.3, -0.25) is 0 Å². The van der Waals surface area contributed by atoms with Crippen molar-refractivity contribution in [3.8, 4) is 6.07 Å². The van der Waals surface area contributed by atoms with Gasteiger partial charge in [0, 0.05) is 5.56 Å². The van der Waals surface area contributed by atoms with Gasteiger partial charge >= 0.3 is 8.05 Å². The van der Waals surface area contributed by atoms with Gasteiger partial charge < -0.3 is 9.18 Å². The molecule has 0 spiro atoms. The summed E-state index contributed by atoms with van der Waals surface area (Å²) in [6.45, 7) is 3.64. The fourth-order valence-corrected chi connectivity index (χ4v) is 1.70. The first-order valence-electron chi connectivity index (χ1n) is 5.68. The van der Waals surface area contributed by atoms with Crippen molar-refractivity contribution in [3.63, 3.8) is 0 Å². The van der Waals surface area contributed by atoms with E-state index >= 15 is 0 Å². The van der Waals surface area contributed by atoms with E-state index in [1.165, 1.54) is 0 Å². The lowest BCUT2D eigenvalue weighted by molar-refractivity contribution is 0.387. The molecule has 0 amide bonds. The number of aromatic nitrogens is 1. The highest BCUT2D eigenvalue weighted by Crippen LogP contribution is 2.29. The standard InChI is InChI=1S/C14H11BN2O2/c1-9-10(2)17-19-13(9)14(18-15)12(8-16)11-6-4-3-5-7-11/h3-7H,1-2H3/b14-12-. The van der Waals surface area contributed by atoms with Crippen molar-refractivity contribution in [1.29, 1.82) is 5.26 Å². The van der Waals surface area contributed by atoms with Crippen molar-refractivity contribution in [2.45, 2.75) is 13.8 Å². The van der Waals surface area contributed by atoms with Crippen molar-refractivity contribution in [1.82, 2.24) is 5.16 Å². The van der Waals surface area contributed by atoms with Crippen LogP contribution in [0.15, 0.2) is 34.9 Å². The molecule has 0 saturated heterocycles. The maximum absolute atomic E-state index is 9.33. The minimum atomic E-state index is 0.187. The van der Waals surface area contributed by atoms with Gasteiger partial charge in [-0.25, -0.2) is 0 Å². The normalized spacial score (nSPS) is 11.6. The Bertz CT molecular complexity index is 654. The van der Waals surface area contributed by atoms with Gasteiger partial charge in [0.25, 0.3) is 0 Å². The highest BCUT2D eigenvalue weighted by Gasteiger charge is 2.19. The van der Waals surface area contributed by atoms with Crippen LogP contribution in [-0.4, -0.2) is 13.2 Å². The number of benzene rings is 1. The van der Waals surface area contributed by atoms with Gasteiger partial charge in [0.1, 0.15) is 11.6 Å². The second kappa shape index (κ2) is 5.45. The minimum Gasteiger partial charge on any atom is -0.564 e. The average molecular weight is 250 g/mol. The highest BCUT2D eigenvalue weighted by molar-refractivity contribution is 6.06. The van der Waals surface area contributed by atoms with Crippen LogP contribution in [0.5, 0.6) is 0 Å². The summed E-state index contributed by atoms with van der Waals surface area (Å²) in [6.07, 6.45) is 0. The summed E-state index contributed by atoms with van der Waals surface area (Å²) in [5.74, 6) is 0.562. The zero-order chi connectivity index (χ0) is 13.8. The molecule has 19 heavy (non-hydrogen) atoms. The summed E-state index contributed by atoms with van der Waals surface area (Å²) in [4.78, 5) is 0. The number of hydrogen-bond donors (Lipinski definition) is 0. The van der Waals surface area contributed by atoms with Crippen molar-refractivity contribution in [2.75, 3.05) is 0 Å². The number of nitrogens with zero attached hydrogens (tertiary/aromatic N) is 2. The van der Waals surface area contributed by atoms with Gasteiger partial charge in [-0.05, 0) is 19.4 Å². The number of aryl methyl sites for hydroxylation is 1. The third-order valence-corrected chi connectivity index (χ3v) is 2.88. The van der Waals surface area contributed by atoms with Crippen molar-refractivity contribution in [2.24, 2.45) is 0 Å². The second-order valence-electron chi connectivity index (χ2n) is 4.02. The predicted molar refractivity (Wildman–Crippen MR) is 71.7 cm³/mol. The van der Waals surface area contributed by atoms with Crippen LogP contribution in [-0.2, 0) is 4.65 Å². The summed E-state index contributed by atoms with van der Waals surface area (Å²) in [6, 6.07) is 11.2. The SMILES string of the molecule is [B]O/C(=C(/C#N)c1ccccc1)c1onc(C)c1C. The molecule has 0 saturated carbocycles. The van der Waals surface area contributed by atoms with Crippen LogP contribution in [0, 0.1) is 25.2 Å². The molecule has 0 bridgehead atoms. The zero-order valence-electron chi connectivity index (χ0n) is 10.7. The molecule has 5 heteroatoms. The largest absolute Gasteiger partial charge is 0.564 e. The quantitative estimate of drug-likeness (QED) is 0.477. The molecule has 0 unspecified atom stereocenters. The van der Waals surface area contributed by atoms with E-state index in [0.29, 0.717) is 16.9 Å². The molecule has 0 fully saturated rings. The monoisotopic (exact) mass is 250 g/mol. The summed E-state index contributed by atoms with van der Waals surface area (Å²) < 4.78 is 10.0. The molecule has 2 aromatic rings. The molecule has 0 atom stereocenters. The molecule has 1 heterocycles. The van der Waals surface area contributed by atoms with Crippen LogP contribution in [0.4, 0.5) is 0 Å². The molecule has 2 rings (SSSR count). The third kappa shape index (κ3) is 2.38. The van der Waals surface area contributed by atoms with Crippen LogP contribution < -0.4 is 0 Å². The number of allylic oxidation sites excluding steroid dienone is 1. The lowest BCUT2D eigenvalue weighted by Crippen LogP contribution is -1.95. The summed E-state index contributed by atoms with van der Waals surface area (Å²) in [5, 5.41) is 13.2. The van der Waals surface area contributed by atoms with Crippen molar-refractivity contribution in [3.05, 3.63) is 52.9 Å². The van der Waals surface area contributed by atoms with E-state index in [1.54, 1.807) is 12.1 Å². The first-order valence-corrected chi connectivity index (χ1v) is 5.68. The number of nitriles is 1. The fraction of sp³-hybridized carbons (Fsp3) is 0.143. The van der Waals surface area contributed by atoms with E-state index in [-0.39, 0.29) is 5.76 Å². The third-order valence-electron chi connectivity index (χ3n) is 2.88. The van der Waals surface area contributed by atoms with E-state index < -0.39 is 0 Å². The van der Waals surface area contributed by atoms with Gasteiger partial charge in [-0.1, -0.05) is 35.5 Å². The first-order chi connectivity index (χ1) is 9.19. The van der Waals surface area contributed by atoms with E-state index in [4.69, 9.17) is 17.2 Å². The molecule has 92 valence electrons. The van der Waals surface area contributed by atoms with E-state index in [2.05, 4.69) is 11.2 Å². The molecular weight excluding hydrogens is 239 g/mol. The van der Waals surface area contributed by atoms with Crippen LogP contribution in [0.1, 0.15) is 22.6 Å². The Morgan fingerprint density at radius 3 is 2.47 bits per heavy atom. The summed E-state index contributed by atoms with van der Waals surface area (Å²) in [5.41, 5.74) is 2.54. The first kappa shape index (κ1) is 13.0. The van der Waals surface area contributed by atoms with Gasteiger partial charge in [0.05, 0.1) is 5.69 Å². The molecular formula is C14H11BN2O2. The second-order valence-corrected chi connectivity index (χ2v) is 4.02. The topological polar surface area (TPSA) is 59.0 Å². The lowest BCUT2D eigenvalue weighted by Gasteiger charge is -2.08. The van der Waals surface area contributed by atoms with Gasteiger partial charge in [0.2, 0.25) is 5.76 Å². The Labute approximate surface area is 112 Å². The van der Waals surface area contributed by atoms with E-state index in [0.717, 1.165) is 11.3 Å². The summed E-state index contributed by atoms with van der Waals surface area (Å²) in [7, 11) is 5.30. The Hall–Kier alpha value is -2.48.